The molecule has 0 saturated heterocycles. The second kappa shape index (κ2) is 4.51. The first-order valence-electron chi connectivity index (χ1n) is 6.19. The Labute approximate surface area is 106 Å². The van der Waals surface area contributed by atoms with Gasteiger partial charge in [0.15, 0.2) is 0 Å². The van der Waals surface area contributed by atoms with Gasteiger partial charge < -0.3 is 0 Å². The third-order valence-electron chi connectivity index (χ3n) is 3.76. The number of aryl methyl sites for hydroxylation is 2. The van der Waals surface area contributed by atoms with Gasteiger partial charge in [0.05, 0.1) is 11.7 Å². The minimum absolute atomic E-state index is 0.0636. The van der Waals surface area contributed by atoms with Crippen molar-refractivity contribution in [2.75, 3.05) is 0 Å². The zero-order valence-electron chi connectivity index (χ0n) is 10.4. The van der Waals surface area contributed by atoms with Crippen molar-refractivity contribution in [3.05, 3.63) is 47.5 Å². The maximum Gasteiger partial charge on any atom is 0.0712 e. The molecule has 2 atom stereocenters. The number of aromatic nitrogens is 3. The first kappa shape index (κ1) is 11.4. The second-order valence-electron chi connectivity index (χ2n) is 4.72. The Hall–Kier alpha value is -1.72. The van der Waals surface area contributed by atoms with Gasteiger partial charge in [-0.05, 0) is 30.5 Å². The van der Waals surface area contributed by atoms with E-state index in [0.717, 1.165) is 18.5 Å². The summed E-state index contributed by atoms with van der Waals surface area (Å²) >= 11 is 0. The molecule has 5 heteroatoms. The monoisotopic (exact) mass is 243 g/mol. The molecule has 18 heavy (non-hydrogen) atoms. The minimum atomic E-state index is 0.0636. The van der Waals surface area contributed by atoms with E-state index in [-0.39, 0.29) is 6.04 Å². The molecule has 3 N–H and O–H groups in total. The minimum Gasteiger partial charge on any atom is -0.271 e. The lowest BCUT2D eigenvalue weighted by Gasteiger charge is -2.23. The van der Waals surface area contributed by atoms with Crippen molar-refractivity contribution in [2.45, 2.75) is 24.8 Å². The Balaban J connectivity index is 1.98. The Morgan fingerprint density at radius 1 is 1.44 bits per heavy atom. The zero-order chi connectivity index (χ0) is 12.5. The van der Waals surface area contributed by atoms with Crippen LogP contribution in [0.25, 0.3) is 0 Å². The van der Waals surface area contributed by atoms with Crippen LogP contribution in [0.3, 0.4) is 0 Å². The van der Waals surface area contributed by atoms with Crippen molar-refractivity contribution in [2.24, 2.45) is 12.9 Å². The average Bonchev–Trinajstić information content (AvgIpc) is 2.99. The molecule has 0 fully saturated rings. The molecule has 0 spiro atoms. The number of hydrogen-bond donors (Lipinski definition) is 2. The van der Waals surface area contributed by atoms with E-state index in [1.807, 2.05) is 30.1 Å². The van der Waals surface area contributed by atoms with Crippen LogP contribution in [0.4, 0.5) is 0 Å². The highest BCUT2D eigenvalue weighted by atomic mass is 15.3. The van der Waals surface area contributed by atoms with Gasteiger partial charge in [-0.15, -0.1) is 0 Å². The van der Waals surface area contributed by atoms with Gasteiger partial charge in [-0.3, -0.25) is 20.9 Å². The summed E-state index contributed by atoms with van der Waals surface area (Å²) in [6.45, 7) is 0. The van der Waals surface area contributed by atoms with Crippen LogP contribution in [0.2, 0.25) is 0 Å². The smallest absolute Gasteiger partial charge is 0.0712 e. The first-order chi connectivity index (χ1) is 8.81. The highest BCUT2D eigenvalue weighted by Gasteiger charge is 2.32. The Kier molecular flexibility index (Phi) is 2.85. The maximum atomic E-state index is 5.75. The highest BCUT2D eigenvalue weighted by Crippen LogP contribution is 2.39. The van der Waals surface area contributed by atoms with Crippen LogP contribution >= 0.6 is 0 Å². The molecule has 5 nitrogen and oxygen atoms in total. The van der Waals surface area contributed by atoms with Crippen LogP contribution in [0.15, 0.2) is 30.6 Å². The summed E-state index contributed by atoms with van der Waals surface area (Å²) < 4.78 is 1.87. The van der Waals surface area contributed by atoms with Crippen LogP contribution in [0.1, 0.15) is 35.3 Å². The molecular formula is C13H17N5. The Bertz CT molecular complexity index is 548. The summed E-state index contributed by atoms with van der Waals surface area (Å²) in [7, 11) is 1.94. The number of hydrogen-bond acceptors (Lipinski definition) is 4. The van der Waals surface area contributed by atoms with E-state index in [9.17, 15) is 0 Å². The highest BCUT2D eigenvalue weighted by molar-refractivity contribution is 5.31. The van der Waals surface area contributed by atoms with Gasteiger partial charge in [0.2, 0.25) is 0 Å². The van der Waals surface area contributed by atoms with Gasteiger partial charge in [0.25, 0.3) is 0 Å². The fourth-order valence-corrected chi connectivity index (χ4v) is 2.87. The van der Waals surface area contributed by atoms with Gasteiger partial charge >= 0.3 is 0 Å². The van der Waals surface area contributed by atoms with Gasteiger partial charge in [-0.25, -0.2) is 0 Å². The predicted molar refractivity (Wildman–Crippen MR) is 68.6 cm³/mol. The number of nitrogens with two attached hydrogens (primary N) is 1. The zero-order valence-corrected chi connectivity index (χ0v) is 10.4. The van der Waals surface area contributed by atoms with E-state index in [0.29, 0.717) is 5.92 Å². The molecule has 2 aromatic heterocycles. The summed E-state index contributed by atoms with van der Waals surface area (Å²) in [5.74, 6) is 6.07. The SMILES string of the molecule is Cn1nccc1C(NN)C1CCc2cccnc21. The molecule has 0 saturated carbocycles. The van der Waals surface area contributed by atoms with Crippen molar-refractivity contribution < 1.29 is 0 Å². The molecule has 3 rings (SSSR count). The van der Waals surface area contributed by atoms with E-state index in [1.165, 1.54) is 11.3 Å². The normalized spacial score (nSPS) is 19.8. The van der Waals surface area contributed by atoms with Crippen LogP contribution < -0.4 is 11.3 Å². The lowest BCUT2D eigenvalue weighted by Crippen LogP contribution is -2.33. The summed E-state index contributed by atoms with van der Waals surface area (Å²) in [4.78, 5) is 4.52. The van der Waals surface area contributed by atoms with Crippen LogP contribution in [-0.4, -0.2) is 14.8 Å². The van der Waals surface area contributed by atoms with Crippen molar-refractivity contribution >= 4 is 0 Å². The maximum absolute atomic E-state index is 5.75. The molecule has 0 amide bonds. The van der Waals surface area contributed by atoms with E-state index in [2.05, 4.69) is 21.6 Å². The van der Waals surface area contributed by atoms with Crippen LogP contribution in [0, 0.1) is 0 Å². The molecule has 0 aromatic carbocycles. The first-order valence-corrected chi connectivity index (χ1v) is 6.19. The van der Waals surface area contributed by atoms with Crippen molar-refractivity contribution in [1.29, 1.82) is 0 Å². The Morgan fingerprint density at radius 2 is 2.33 bits per heavy atom. The second-order valence-corrected chi connectivity index (χ2v) is 4.72. The number of fused-ring (bicyclic) bond motifs is 1. The fourth-order valence-electron chi connectivity index (χ4n) is 2.87. The molecule has 2 aromatic rings. The van der Waals surface area contributed by atoms with Gasteiger partial charge in [0, 0.05) is 31.1 Å². The van der Waals surface area contributed by atoms with Crippen molar-refractivity contribution in [3.8, 4) is 0 Å². The lowest BCUT2D eigenvalue weighted by molar-refractivity contribution is 0.422. The van der Waals surface area contributed by atoms with E-state index < -0.39 is 0 Å². The number of hydrazine groups is 1. The third-order valence-corrected chi connectivity index (χ3v) is 3.76. The summed E-state index contributed by atoms with van der Waals surface area (Å²) in [6.07, 6.45) is 5.80. The molecule has 1 aliphatic carbocycles. The van der Waals surface area contributed by atoms with Crippen LogP contribution in [0.5, 0.6) is 0 Å². The Morgan fingerprint density at radius 3 is 3.06 bits per heavy atom. The third kappa shape index (κ3) is 1.72. The van der Waals surface area contributed by atoms with Crippen LogP contribution in [-0.2, 0) is 13.5 Å². The fraction of sp³-hybridized carbons (Fsp3) is 0.385. The number of rotatable bonds is 3. The molecule has 2 unspecified atom stereocenters. The summed E-state index contributed by atoms with van der Waals surface area (Å²) in [6, 6.07) is 6.22. The molecule has 2 heterocycles. The van der Waals surface area contributed by atoms with Gasteiger partial charge in [-0.1, -0.05) is 6.07 Å². The molecule has 1 aliphatic rings. The standard InChI is InChI=1S/C13H17N5/c1-18-11(6-8-16-18)13(17-14)10-5-4-9-3-2-7-15-12(9)10/h2-3,6-8,10,13,17H,4-5,14H2,1H3. The average molecular weight is 243 g/mol. The lowest BCUT2D eigenvalue weighted by atomic mass is 9.94. The number of nitrogens with one attached hydrogen (secondary N) is 1. The van der Waals surface area contributed by atoms with Crippen molar-refractivity contribution in [1.82, 2.24) is 20.2 Å². The molecule has 0 radical (unpaired) electrons. The number of pyridine rings is 1. The number of nitrogens with zero attached hydrogens (tertiary/aromatic N) is 3. The molecular weight excluding hydrogens is 226 g/mol. The van der Waals surface area contributed by atoms with E-state index in [1.54, 1.807) is 6.20 Å². The largest absolute Gasteiger partial charge is 0.271 e. The predicted octanol–water partition coefficient (Wildman–Crippen LogP) is 1.05. The van der Waals surface area contributed by atoms with Gasteiger partial charge in [0.1, 0.15) is 0 Å². The topological polar surface area (TPSA) is 68.8 Å². The quantitative estimate of drug-likeness (QED) is 0.624. The molecule has 0 bridgehead atoms. The van der Waals surface area contributed by atoms with Gasteiger partial charge in [-0.2, -0.15) is 5.10 Å². The summed E-state index contributed by atoms with van der Waals surface area (Å²) in [5, 5.41) is 4.21. The molecule has 94 valence electrons. The molecule has 0 aliphatic heterocycles. The van der Waals surface area contributed by atoms with E-state index >= 15 is 0 Å². The van der Waals surface area contributed by atoms with E-state index in [4.69, 9.17) is 5.84 Å². The summed E-state index contributed by atoms with van der Waals surface area (Å²) in [5.41, 5.74) is 6.53. The van der Waals surface area contributed by atoms with Crippen molar-refractivity contribution in [3.63, 3.8) is 0 Å².